The molecule has 0 saturated heterocycles. The van der Waals surface area contributed by atoms with Gasteiger partial charge >= 0.3 is 12.1 Å². The molecule has 0 aliphatic carbocycles. The molecule has 1 N–H and O–H groups in total. The van der Waals surface area contributed by atoms with Gasteiger partial charge in [0.25, 0.3) is 0 Å². The van der Waals surface area contributed by atoms with Crippen molar-refractivity contribution in [1.82, 2.24) is 5.32 Å². The van der Waals surface area contributed by atoms with Gasteiger partial charge in [-0.25, -0.2) is 4.79 Å². The second-order valence-electron chi connectivity index (χ2n) is 4.01. The lowest BCUT2D eigenvalue weighted by Crippen LogP contribution is -2.40. The third-order valence-electron chi connectivity index (χ3n) is 2.41. The number of amides is 2. The molecule has 8 heteroatoms. The minimum atomic E-state index is -1.33. The van der Waals surface area contributed by atoms with Gasteiger partial charge in [0.2, 0.25) is 5.91 Å². The fraction of sp³-hybridized carbons (Fsp3) is 0.429. The summed E-state index contributed by atoms with van der Waals surface area (Å²) in [5.41, 5.74) is 0. The van der Waals surface area contributed by atoms with E-state index in [1.807, 2.05) is 5.32 Å². The Hall–Kier alpha value is -2.64. The second kappa shape index (κ2) is 9.32. The van der Waals surface area contributed by atoms with Crippen LogP contribution in [0, 0.1) is 5.92 Å². The minimum absolute atomic E-state index is 0.105. The van der Waals surface area contributed by atoms with Gasteiger partial charge in [-0.2, -0.15) is 0 Å². The zero-order chi connectivity index (χ0) is 16.4. The van der Waals surface area contributed by atoms with E-state index in [1.165, 1.54) is 6.26 Å². The maximum atomic E-state index is 11.9. The van der Waals surface area contributed by atoms with Crippen molar-refractivity contribution in [3.63, 3.8) is 0 Å². The van der Waals surface area contributed by atoms with Crippen molar-refractivity contribution in [3.05, 3.63) is 24.2 Å². The van der Waals surface area contributed by atoms with Gasteiger partial charge in [0, 0.05) is 6.21 Å². The van der Waals surface area contributed by atoms with Crippen LogP contribution in [0.2, 0.25) is 0 Å². The first-order chi connectivity index (χ1) is 10.6. The first-order valence-corrected chi connectivity index (χ1v) is 6.75. The molecule has 8 nitrogen and oxygen atoms in total. The summed E-state index contributed by atoms with van der Waals surface area (Å²) < 4.78 is 14.4. The van der Waals surface area contributed by atoms with Crippen molar-refractivity contribution in [2.75, 3.05) is 13.2 Å². The molecule has 0 unspecified atom stereocenters. The molecule has 0 aliphatic rings. The number of ether oxygens (including phenoxy) is 2. The van der Waals surface area contributed by atoms with E-state index in [1.54, 1.807) is 26.0 Å². The van der Waals surface area contributed by atoms with Crippen molar-refractivity contribution < 1.29 is 28.3 Å². The van der Waals surface area contributed by atoms with E-state index in [4.69, 9.17) is 9.15 Å². The number of carbonyl (C=O) groups is 3. The number of nitrogens with one attached hydrogen (secondary N) is 1. The molecule has 0 aliphatic heterocycles. The van der Waals surface area contributed by atoms with E-state index in [-0.39, 0.29) is 19.8 Å². The first kappa shape index (κ1) is 17.4. The monoisotopic (exact) mass is 310 g/mol. The molecule has 1 heterocycles. The standard InChI is InChI=1S/C14H18N2O6/c1-3-20-13(18)11(12(17)16-14(19)21-4-2)9-15-8-10-6-5-7-22-10/h5-7,9,11H,3-4,8H2,1-2H3,(H,16,17,19)/t11-/m1/s1. The Bertz CT molecular complexity index is 523. The fourth-order valence-electron chi connectivity index (χ4n) is 1.46. The number of carbonyl (C=O) groups excluding carboxylic acids is 3. The molecule has 0 spiro atoms. The molecular formula is C14H18N2O6. The zero-order valence-electron chi connectivity index (χ0n) is 12.4. The fourth-order valence-corrected chi connectivity index (χ4v) is 1.46. The highest BCUT2D eigenvalue weighted by molar-refractivity contribution is 6.14. The molecule has 0 bridgehead atoms. The van der Waals surface area contributed by atoms with Crippen molar-refractivity contribution >= 4 is 24.2 Å². The van der Waals surface area contributed by atoms with Gasteiger partial charge in [-0.3, -0.25) is 19.9 Å². The van der Waals surface area contributed by atoms with Crippen molar-refractivity contribution in [1.29, 1.82) is 0 Å². The number of furan rings is 1. The quantitative estimate of drug-likeness (QED) is 0.462. The third-order valence-corrected chi connectivity index (χ3v) is 2.41. The third kappa shape index (κ3) is 5.78. The maximum absolute atomic E-state index is 11.9. The molecule has 1 rings (SSSR count). The van der Waals surface area contributed by atoms with Gasteiger partial charge in [-0.1, -0.05) is 0 Å². The van der Waals surface area contributed by atoms with Crippen LogP contribution >= 0.6 is 0 Å². The van der Waals surface area contributed by atoms with E-state index in [9.17, 15) is 14.4 Å². The van der Waals surface area contributed by atoms with Gasteiger partial charge in [-0.15, -0.1) is 0 Å². The number of aliphatic imine (C=N–C) groups is 1. The highest BCUT2D eigenvalue weighted by atomic mass is 16.5. The predicted octanol–water partition coefficient (Wildman–Crippen LogP) is 1.30. The highest BCUT2D eigenvalue weighted by Crippen LogP contribution is 2.03. The lowest BCUT2D eigenvalue weighted by molar-refractivity contribution is -0.148. The van der Waals surface area contributed by atoms with Crippen molar-refractivity contribution in [3.8, 4) is 0 Å². The Morgan fingerprint density at radius 1 is 1.32 bits per heavy atom. The molecule has 1 aromatic rings. The average Bonchev–Trinajstić information content (AvgIpc) is 2.97. The topological polar surface area (TPSA) is 107 Å². The molecule has 22 heavy (non-hydrogen) atoms. The maximum Gasteiger partial charge on any atom is 0.413 e. The SMILES string of the molecule is CCOC(=O)NC(=O)[C@@H](C=NCc1ccco1)C(=O)OCC. The number of esters is 1. The largest absolute Gasteiger partial charge is 0.467 e. The van der Waals surface area contributed by atoms with Gasteiger partial charge in [-0.05, 0) is 26.0 Å². The summed E-state index contributed by atoms with van der Waals surface area (Å²) in [6, 6.07) is 3.40. The van der Waals surface area contributed by atoms with E-state index in [0.717, 1.165) is 6.21 Å². The number of alkyl carbamates (subject to hydrolysis) is 1. The molecule has 120 valence electrons. The van der Waals surface area contributed by atoms with Crippen LogP contribution in [0.25, 0.3) is 0 Å². The van der Waals surface area contributed by atoms with E-state index >= 15 is 0 Å². The van der Waals surface area contributed by atoms with E-state index in [2.05, 4.69) is 9.73 Å². The molecular weight excluding hydrogens is 292 g/mol. The van der Waals surface area contributed by atoms with Crippen LogP contribution in [-0.4, -0.2) is 37.4 Å². The Balaban J connectivity index is 2.70. The summed E-state index contributed by atoms with van der Waals surface area (Å²) in [4.78, 5) is 38.9. The second-order valence-corrected chi connectivity index (χ2v) is 4.01. The molecule has 2 amide bonds. The Morgan fingerprint density at radius 2 is 2.05 bits per heavy atom. The summed E-state index contributed by atoms with van der Waals surface area (Å²) in [6.45, 7) is 3.58. The van der Waals surface area contributed by atoms with Crippen LogP contribution in [0.5, 0.6) is 0 Å². The van der Waals surface area contributed by atoms with E-state index in [0.29, 0.717) is 5.76 Å². The van der Waals surface area contributed by atoms with E-state index < -0.39 is 23.9 Å². The molecule has 1 atom stereocenters. The Kier molecular flexibility index (Phi) is 7.38. The van der Waals surface area contributed by atoms with Crippen molar-refractivity contribution in [2.45, 2.75) is 20.4 Å². The lowest BCUT2D eigenvalue weighted by atomic mass is 10.1. The number of hydrogen-bond acceptors (Lipinski definition) is 7. The highest BCUT2D eigenvalue weighted by Gasteiger charge is 2.28. The molecule has 0 fully saturated rings. The summed E-state index contributed by atoms with van der Waals surface area (Å²) in [7, 11) is 0. The zero-order valence-corrected chi connectivity index (χ0v) is 12.4. The Labute approximate surface area is 127 Å². The van der Waals surface area contributed by atoms with Gasteiger partial charge in [0.15, 0.2) is 5.92 Å². The van der Waals surface area contributed by atoms with Gasteiger partial charge in [0.1, 0.15) is 5.76 Å². The summed E-state index contributed by atoms with van der Waals surface area (Å²) >= 11 is 0. The molecule has 0 saturated carbocycles. The lowest BCUT2D eigenvalue weighted by Gasteiger charge is -2.10. The number of rotatable bonds is 7. The Morgan fingerprint density at radius 3 is 2.64 bits per heavy atom. The summed E-state index contributed by atoms with van der Waals surface area (Å²) in [5.74, 6) is -2.42. The average molecular weight is 310 g/mol. The van der Waals surface area contributed by atoms with Gasteiger partial charge in [0.05, 0.1) is 26.0 Å². The van der Waals surface area contributed by atoms with Gasteiger partial charge < -0.3 is 13.9 Å². The van der Waals surface area contributed by atoms with Crippen LogP contribution in [0.4, 0.5) is 4.79 Å². The number of imide groups is 1. The minimum Gasteiger partial charge on any atom is -0.467 e. The summed E-state index contributed by atoms with van der Waals surface area (Å²) in [6.07, 6.45) is 1.68. The number of hydrogen-bond donors (Lipinski definition) is 1. The van der Waals surface area contributed by atoms with Crippen LogP contribution in [0.15, 0.2) is 27.8 Å². The molecule has 0 aromatic carbocycles. The first-order valence-electron chi connectivity index (χ1n) is 6.75. The summed E-state index contributed by atoms with van der Waals surface area (Å²) in [5, 5.41) is 1.95. The number of nitrogens with zero attached hydrogens (tertiary/aromatic N) is 1. The van der Waals surface area contributed by atoms with Crippen LogP contribution in [0.1, 0.15) is 19.6 Å². The van der Waals surface area contributed by atoms with Crippen molar-refractivity contribution in [2.24, 2.45) is 10.9 Å². The van der Waals surface area contributed by atoms with Crippen LogP contribution in [-0.2, 0) is 25.6 Å². The van der Waals surface area contributed by atoms with Crippen LogP contribution < -0.4 is 5.32 Å². The molecule has 1 aromatic heterocycles. The van der Waals surface area contributed by atoms with Crippen LogP contribution in [0.3, 0.4) is 0 Å². The molecule has 0 radical (unpaired) electrons. The predicted molar refractivity (Wildman–Crippen MR) is 76.2 cm³/mol. The normalized spacial score (nSPS) is 11.9. The smallest absolute Gasteiger partial charge is 0.413 e.